The van der Waals surface area contributed by atoms with Crippen LogP contribution in [0.3, 0.4) is 0 Å². The topological polar surface area (TPSA) is 87.3 Å². The van der Waals surface area contributed by atoms with Gasteiger partial charge < -0.3 is 9.47 Å². The van der Waals surface area contributed by atoms with Gasteiger partial charge >= 0.3 is 0 Å². The molecule has 3 aromatic carbocycles. The van der Waals surface area contributed by atoms with Crippen LogP contribution in [0.5, 0.6) is 11.5 Å². The Hall–Kier alpha value is -3.88. The van der Waals surface area contributed by atoms with Gasteiger partial charge in [0.15, 0.2) is 17.3 Å². The highest BCUT2D eigenvalue weighted by Crippen LogP contribution is 2.38. The minimum Gasteiger partial charge on any atom is -0.493 e. The van der Waals surface area contributed by atoms with Crippen molar-refractivity contribution in [2.75, 3.05) is 7.11 Å². The maximum atomic E-state index is 12.8. The smallest absolute Gasteiger partial charge is 0.283 e. The number of fused-ring (bicyclic) bond motifs is 1. The van der Waals surface area contributed by atoms with Gasteiger partial charge in [0.25, 0.3) is 5.91 Å². The summed E-state index contributed by atoms with van der Waals surface area (Å²) >= 11 is 7.82. The van der Waals surface area contributed by atoms with Gasteiger partial charge in [-0.05, 0) is 46.7 Å². The summed E-state index contributed by atoms with van der Waals surface area (Å²) in [5, 5.41) is 16.0. The van der Waals surface area contributed by atoms with E-state index in [-0.39, 0.29) is 11.4 Å². The number of nitrogens with one attached hydrogen (secondary N) is 1. The minimum absolute atomic E-state index is 0.0416. The maximum absolute atomic E-state index is 12.8. The van der Waals surface area contributed by atoms with Gasteiger partial charge in [-0.1, -0.05) is 72.3 Å². The van der Waals surface area contributed by atoms with Crippen LogP contribution >= 0.6 is 23.4 Å². The van der Waals surface area contributed by atoms with Crippen molar-refractivity contribution in [2.24, 2.45) is 10.1 Å². The van der Waals surface area contributed by atoms with Crippen LogP contribution in [-0.2, 0) is 17.8 Å². The summed E-state index contributed by atoms with van der Waals surface area (Å²) in [4.78, 5) is 17.0. The quantitative estimate of drug-likeness (QED) is 0.402. The van der Waals surface area contributed by atoms with Gasteiger partial charge in [-0.25, -0.2) is 0 Å². The van der Waals surface area contributed by atoms with Crippen LogP contribution in [0.1, 0.15) is 16.7 Å². The molecule has 3 aromatic rings. The third-order valence-corrected chi connectivity index (χ3v) is 6.67. The molecule has 7 nitrogen and oxygen atoms in total. The van der Waals surface area contributed by atoms with Gasteiger partial charge in [0.1, 0.15) is 11.7 Å². The lowest BCUT2D eigenvalue weighted by Gasteiger charge is -2.20. The number of methoxy groups -OCH3 is 1. The molecule has 0 saturated carbocycles. The molecule has 1 N–H and O–H groups in total. The van der Waals surface area contributed by atoms with Crippen molar-refractivity contribution in [3.8, 4) is 11.5 Å². The van der Waals surface area contributed by atoms with Crippen molar-refractivity contribution in [2.45, 2.75) is 13.0 Å². The van der Waals surface area contributed by atoms with Crippen molar-refractivity contribution in [3.05, 3.63) is 100 Å². The number of benzene rings is 3. The monoisotopic (exact) mass is 516 g/mol. The van der Waals surface area contributed by atoms with E-state index >= 15 is 0 Å². The molecular formula is C27H21ClN4O3S. The highest BCUT2D eigenvalue weighted by Gasteiger charge is 2.35. The summed E-state index contributed by atoms with van der Waals surface area (Å²) in [6.45, 7) is 0.327. The van der Waals surface area contributed by atoms with Gasteiger partial charge in [-0.15, -0.1) is 0 Å². The summed E-state index contributed by atoms with van der Waals surface area (Å²) in [6, 6.07) is 23.0. The Morgan fingerprint density at radius 1 is 1.06 bits per heavy atom. The first-order valence-electron chi connectivity index (χ1n) is 11.1. The average molecular weight is 517 g/mol. The second kappa shape index (κ2) is 10.4. The van der Waals surface area contributed by atoms with E-state index in [4.69, 9.17) is 26.5 Å². The second-order valence-electron chi connectivity index (χ2n) is 7.98. The molecule has 0 spiro atoms. The largest absolute Gasteiger partial charge is 0.493 e. The van der Waals surface area contributed by atoms with Crippen LogP contribution in [0.2, 0.25) is 5.02 Å². The second-order valence-corrected chi connectivity index (χ2v) is 9.43. The number of carbonyl (C=O) groups excluding carboxylic acids is 1. The Bertz CT molecular complexity index is 1420. The molecule has 1 amide bonds. The van der Waals surface area contributed by atoms with E-state index in [0.29, 0.717) is 40.3 Å². The van der Waals surface area contributed by atoms with E-state index in [1.54, 1.807) is 18.2 Å². The van der Waals surface area contributed by atoms with Gasteiger partial charge in [-0.2, -0.15) is 15.1 Å². The van der Waals surface area contributed by atoms with E-state index in [9.17, 15) is 4.79 Å². The summed E-state index contributed by atoms with van der Waals surface area (Å²) in [5.74, 6) is 0.278. The molecule has 2 aliphatic rings. The molecule has 180 valence electrons. The predicted octanol–water partition coefficient (Wildman–Crippen LogP) is 5.79. The molecule has 2 aliphatic heterocycles. The zero-order valence-corrected chi connectivity index (χ0v) is 20.8. The standard InChI is InChI=1S/C27H21ClN4O3S/c1-34-22-14-19(13-21(28)24(22)35-16-18-10-6-3-7-11-18)12-20-25(29)32-27(30-26(20)33)36-23(31-32)15-17-8-4-2-5-9-17/h2-14,29H,15-16H2,1H3. The van der Waals surface area contributed by atoms with Crippen LogP contribution < -0.4 is 9.47 Å². The number of ether oxygens (including phenoxy) is 2. The molecule has 0 radical (unpaired) electrons. The number of hydrazone groups is 1. The molecule has 0 atom stereocenters. The zero-order valence-electron chi connectivity index (χ0n) is 19.3. The highest BCUT2D eigenvalue weighted by atomic mass is 35.5. The van der Waals surface area contributed by atoms with E-state index in [0.717, 1.165) is 16.2 Å². The van der Waals surface area contributed by atoms with Crippen LogP contribution in [0, 0.1) is 5.41 Å². The zero-order chi connectivity index (χ0) is 25.1. The molecule has 0 fully saturated rings. The Kier molecular flexibility index (Phi) is 6.88. The maximum Gasteiger partial charge on any atom is 0.283 e. The fourth-order valence-corrected chi connectivity index (χ4v) is 4.93. The number of thioether (sulfide) groups is 1. The van der Waals surface area contributed by atoms with Crippen molar-refractivity contribution in [3.63, 3.8) is 0 Å². The number of rotatable bonds is 7. The Balaban J connectivity index is 1.38. The highest BCUT2D eigenvalue weighted by molar-refractivity contribution is 8.26. The van der Waals surface area contributed by atoms with Crippen molar-refractivity contribution in [1.82, 2.24) is 5.01 Å². The molecule has 0 saturated heterocycles. The van der Waals surface area contributed by atoms with Crippen LogP contribution in [-0.4, -0.2) is 34.1 Å². The molecule has 0 bridgehead atoms. The van der Waals surface area contributed by atoms with Crippen molar-refractivity contribution in [1.29, 1.82) is 5.41 Å². The number of carbonyl (C=O) groups is 1. The number of hydrogen-bond acceptors (Lipinski definition) is 6. The first kappa shape index (κ1) is 23.8. The predicted molar refractivity (Wildman–Crippen MR) is 144 cm³/mol. The number of aliphatic imine (C=N–C) groups is 1. The third kappa shape index (κ3) is 5.05. The van der Waals surface area contributed by atoms with E-state index < -0.39 is 5.91 Å². The third-order valence-electron chi connectivity index (χ3n) is 5.48. The molecule has 0 unspecified atom stereocenters. The lowest BCUT2D eigenvalue weighted by molar-refractivity contribution is -0.114. The summed E-state index contributed by atoms with van der Waals surface area (Å²) < 4.78 is 11.4. The van der Waals surface area contributed by atoms with E-state index in [1.807, 2.05) is 60.7 Å². The fraction of sp³-hybridized carbons (Fsp3) is 0.111. The van der Waals surface area contributed by atoms with Crippen molar-refractivity contribution < 1.29 is 14.3 Å². The van der Waals surface area contributed by atoms with Crippen LogP contribution in [0.4, 0.5) is 0 Å². The minimum atomic E-state index is -0.505. The molecule has 0 aromatic heterocycles. The normalized spacial score (nSPS) is 16.1. The lowest BCUT2D eigenvalue weighted by Crippen LogP contribution is -2.35. The molecule has 5 rings (SSSR count). The van der Waals surface area contributed by atoms with E-state index in [1.165, 1.54) is 23.9 Å². The SMILES string of the molecule is COc1cc(C=C2C(=N)N3N=C(Cc4ccccc4)SC3=NC2=O)cc(Cl)c1OCc1ccccc1. The lowest BCUT2D eigenvalue weighted by atomic mass is 10.1. The van der Waals surface area contributed by atoms with E-state index in [2.05, 4.69) is 10.1 Å². The summed E-state index contributed by atoms with van der Waals surface area (Å²) in [6.07, 6.45) is 2.16. The Morgan fingerprint density at radius 3 is 2.44 bits per heavy atom. The number of nitrogens with zero attached hydrogens (tertiary/aromatic N) is 3. The molecule has 9 heteroatoms. The Labute approximate surface area is 217 Å². The average Bonchev–Trinajstić information content (AvgIpc) is 3.29. The Morgan fingerprint density at radius 2 is 1.75 bits per heavy atom. The summed E-state index contributed by atoms with van der Waals surface area (Å²) in [7, 11) is 1.52. The van der Waals surface area contributed by atoms with Gasteiger partial charge in [0.05, 0.1) is 17.7 Å². The number of hydrogen-bond donors (Lipinski definition) is 1. The fourth-order valence-electron chi connectivity index (χ4n) is 3.73. The van der Waals surface area contributed by atoms with Gasteiger partial charge in [0, 0.05) is 6.42 Å². The number of halogens is 1. The molecule has 36 heavy (non-hydrogen) atoms. The van der Waals surface area contributed by atoms with Gasteiger partial charge in [0.2, 0.25) is 5.17 Å². The first-order chi connectivity index (χ1) is 17.5. The van der Waals surface area contributed by atoms with Crippen molar-refractivity contribution >= 4 is 51.4 Å². The van der Waals surface area contributed by atoms with Crippen LogP contribution in [0.25, 0.3) is 6.08 Å². The number of amidine groups is 2. The van der Waals surface area contributed by atoms with Gasteiger partial charge in [-0.3, -0.25) is 10.2 Å². The molecule has 0 aliphatic carbocycles. The van der Waals surface area contributed by atoms with Crippen LogP contribution in [0.15, 0.2) is 88.5 Å². The molecule has 2 heterocycles. The molecular weight excluding hydrogens is 496 g/mol. The summed E-state index contributed by atoms with van der Waals surface area (Å²) in [5.41, 5.74) is 2.78. The number of amides is 1. The first-order valence-corrected chi connectivity index (χ1v) is 12.3.